The first-order valence-electron chi connectivity index (χ1n) is 11.5. The maximum Gasteiger partial charge on any atom is 0.328 e. The SMILES string of the molecule is O=C1Oc2cc3ccsc3cc2C12CN(C(c1ccccc1)c1ccccc1)c1ccccc12. The number of rotatable bonds is 3. The van der Waals surface area contributed by atoms with Crippen LogP contribution in [0.15, 0.2) is 109 Å². The van der Waals surface area contributed by atoms with Gasteiger partial charge in [0.05, 0.1) is 6.04 Å². The van der Waals surface area contributed by atoms with E-state index in [9.17, 15) is 4.79 Å². The molecule has 7 rings (SSSR count). The van der Waals surface area contributed by atoms with Gasteiger partial charge < -0.3 is 9.64 Å². The number of nitrogens with zero attached hydrogens (tertiary/aromatic N) is 1. The zero-order valence-electron chi connectivity index (χ0n) is 18.3. The number of thiophene rings is 1. The molecule has 2 aliphatic heterocycles. The highest BCUT2D eigenvalue weighted by molar-refractivity contribution is 7.17. The lowest BCUT2D eigenvalue weighted by atomic mass is 9.77. The Morgan fingerprint density at radius 1 is 0.794 bits per heavy atom. The molecule has 1 atom stereocenters. The summed E-state index contributed by atoms with van der Waals surface area (Å²) in [6.45, 7) is 0.531. The van der Waals surface area contributed by atoms with Gasteiger partial charge in [0.2, 0.25) is 0 Å². The molecule has 34 heavy (non-hydrogen) atoms. The minimum atomic E-state index is -0.841. The molecule has 0 amide bonds. The Hall–Kier alpha value is -3.89. The van der Waals surface area contributed by atoms with Gasteiger partial charge in [-0.25, -0.2) is 0 Å². The van der Waals surface area contributed by atoms with Crippen molar-refractivity contribution >= 4 is 33.1 Å². The Bertz CT molecular complexity index is 1500. The minimum absolute atomic E-state index is 0.0229. The average molecular weight is 460 g/mol. The van der Waals surface area contributed by atoms with Crippen LogP contribution in [-0.2, 0) is 10.2 Å². The van der Waals surface area contributed by atoms with Crippen LogP contribution in [0.2, 0.25) is 0 Å². The maximum atomic E-state index is 13.7. The molecular formula is C30H21NO2S. The lowest BCUT2D eigenvalue weighted by molar-refractivity contribution is -0.136. The van der Waals surface area contributed by atoms with E-state index in [1.807, 2.05) is 24.3 Å². The van der Waals surface area contributed by atoms with E-state index < -0.39 is 5.41 Å². The number of benzene rings is 4. The van der Waals surface area contributed by atoms with Crippen LogP contribution in [0.4, 0.5) is 5.69 Å². The number of para-hydroxylation sites is 1. The summed E-state index contributed by atoms with van der Waals surface area (Å²) >= 11 is 1.70. The van der Waals surface area contributed by atoms with Gasteiger partial charge in [0, 0.05) is 22.5 Å². The highest BCUT2D eigenvalue weighted by atomic mass is 32.1. The van der Waals surface area contributed by atoms with Crippen molar-refractivity contribution in [2.45, 2.75) is 11.5 Å². The van der Waals surface area contributed by atoms with E-state index in [4.69, 9.17) is 4.74 Å². The van der Waals surface area contributed by atoms with Gasteiger partial charge >= 0.3 is 5.97 Å². The molecule has 1 unspecified atom stereocenters. The molecule has 0 saturated carbocycles. The quantitative estimate of drug-likeness (QED) is 0.222. The smallest absolute Gasteiger partial charge is 0.328 e. The number of hydrogen-bond acceptors (Lipinski definition) is 4. The highest BCUT2D eigenvalue weighted by Crippen LogP contribution is 2.55. The van der Waals surface area contributed by atoms with Gasteiger partial charge in [-0.3, -0.25) is 4.79 Å². The Balaban J connectivity index is 1.46. The zero-order chi connectivity index (χ0) is 22.7. The molecule has 0 bridgehead atoms. The number of anilines is 1. The van der Waals surface area contributed by atoms with Crippen molar-refractivity contribution in [2.24, 2.45) is 0 Å². The van der Waals surface area contributed by atoms with E-state index >= 15 is 0 Å². The summed E-state index contributed by atoms with van der Waals surface area (Å²) in [7, 11) is 0. The summed E-state index contributed by atoms with van der Waals surface area (Å²) in [6.07, 6.45) is 0. The fourth-order valence-corrected chi connectivity index (χ4v) is 6.48. The first kappa shape index (κ1) is 19.6. The van der Waals surface area contributed by atoms with Gasteiger partial charge in [0.1, 0.15) is 11.2 Å². The van der Waals surface area contributed by atoms with E-state index in [2.05, 4.69) is 89.1 Å². The van der Waals surface area contributed by atoms with E-state index in [1.54, 1.807) is 11.3 Å². The molecule has 1 spiro atoms. The number of hydrogen-bond donors (Lipinski definition) is 0. The molecule has 3 nitrogen and oxygen atoms in total. The molecule has 0 aliphatic carbocycles. The zero-order valence-corrected chi connectivity index (χ0v) is 19.2. The van der Waals surface area contributed by atoms with Crippen molar-refractivity contribution < 1.29 is 9.53 Å². The number of ether oxygens (including phenoxy) is 1. The van der Waals surface area contributed by atoms with Crippen LogP contribution in [0.1, 0.15) is 28.3 Å². The number of carbonyl (C=O) groups is 1. The van der Waals surface area contributed by atoms with Crippen molar-refractivity contribution in [1.82, 2.24) is 0 Å². The first-order valence-corrected chi connectivity index (χ1v) is 12.3. The fourth-order valence-electron chi connectivity index (χ4n) is 5.67. The molecule has 2 aliphatic rings. The molecule has 0 fully saturated rings. The molecule has 4 aromatic carbocycles. The highest BCUT2D eigenvalue weighted by Gasteiger charge is 2.57. The number of carbonyl (C=O) groups excluding carboxylic acids is 1. The third kappa shape index (κ3) is 2.66. The Morgan fingerprint density at radius 2 is 1.47 bits per heavy atom. The summed E-state index contributed by atoms with van der Waals surface area (Å²) in [5, 5.41) is 3.20. The van der Waals surface area contributed by atoms with E-state index in [1.165, 1.54) is 15.8 Å². The van der Waals surface area contributed by atoms with Gasteiger partial charge in [-0.1, -0.05) is 78.9 Å². The summed E-state index contributed by atoms with van der Waals surface area (Å²) < 4.78 is 7.13. The molecule has 3 heterocycles. The Kier molecular flexibility index (Phi) is 4.20. The van der Waals surface area contributed by atoms with E-state index in [0.717, 1.165) is 22.2 Å². The molecule has 5 aromatic rings. The van der Waals surface area contributed by atoms with Gasteiger partial charge in [0.25, 0.3) is 0 Å². The Labute approximate surface area is 201 Å². The topological polar surface area (TPSA) is 29.5 Å². The first-order chi connectivity index (χ1) is 16.8. The Morgan fingerprint density at radius 3 is 2.21 bits per heavy atom. The summed E-state index contributed by atoms with van der Waals surface area (Å²) in [6, 6.07) is 35.6. The summed E-state index contributed by atoms with van der Waals surface area (Å²) in [4.78, 5) is 16.1. The molecule has 4 heteroatoms. The van der Waals surface area contributed by atoms with Crippen molar-refractivity contribution in [3.8, 4) is 5.75 Å². The van der Waals surface area contributed by atoms with Gasteiger partial charge in [-0.05, 0) is 51.7 Å². The van der Waals surface area contributed by atoms with Crippen LogP contribution in [0, 0.1) is 0 Å². The van der Waals surface area contributed by atoms with Gasteiger partial charge in [-0.15, -0.1) is 11.3 Å². The fraction of sp³-hybridized carbons (Fsp3) is 0.100. The predicted molar refractivity (Wildman–Crippen MR) is 137 cm³/mol. The van der Waals surface area contributed by atoms with E-state index in [-0.39, 0.29) is 12.0 Å². The molecule has 0 radical (unpaired) electrons. The standard InChI is InChI=1S/C30H21NO2S/c32-29-30(24-18-27-22(15-16-34-27)17-26(24)33-29)19-31(25-14-8-7-13-23(25)30)28(20-9-3-1-4-10-20)21-11-5-2-6-12-21/h1-18,28H,19H2. The van der Waals surface area contributed by atoms with Crippen molar-refractivity contribution in [2.75, 3.05) is 11.4 Å². The lowest BCUT2D eigenvalue weighted by Crippen LogP contribution is -2.41. The van der Waals surface area contributed by atoms with Crippen LogP contribution in [0.3, 0.4) is 0 Å². The lowest BCUT2D eigenvalue weighted by Gasteiger charge is -2.32. The maximum absolute atomic E-state index is 13.7. The van der Waals surface area contributed by atoms with Crippen molar-refractivity contribution in [3.05, 3.63) is 131 Å². The van der Waals surface area contributed by atoms with Gasteiger partial charge in [0.15, 0.2) is 0 Å². The normalized spacial score (nSPS) is 18.5. The molecule has 164 valence electrons. The van der Waals surface area contributed by atoms with Crippen LogP contribution < -0.4 is 9.64 Å². The molecule has 0 N–H and O–H groups in total. The van der Waals surface area contributed by atoms with Crippen LogP contribution in [0.25, 0.3) is 10.1 Å². The largest absolute Gasteiger partial charge is 0.425 e. The second-order valence-electron chi connectivity index (χ2n) is 8.97. The molecular weight excluding hydrogens is 438 g/mol. The molecule has 0 saturated heterocycles. The van der Waals surface area contributed by atoms with Crippen molar-refractivity contribution in [3.63, 3.8) is 0 Å². The predicted octanol–water partition coefficient (Wildman–Crippen LogP) is 6.72. The third-order valence-corrected chi connectivity index (χ3v) is 8.07. The van der Waals surface area contributed by atoms with Crippen LogP contribution >= 0.6 is 11.3 Å². The molecule has 1 aromatic heterocycles. The minimum Gasteiger partial charge on any atom is -0.425 e. The second-order valence-corrected chi connectivity index (χ2v) is 9.92. The third-order valence-electron chi connectivity index (χ3n) is 7.19. The van der Waals surface area contributed by atoms with Crippen molar-refractivity contribution in [1.29, 1.82) is 0 Å². The van der Waals surface area contributed by atoms with Gasteiger partial charge in [-0.2, -0.15) is 0 Å². The van der Waals surface area contributed by atoms with Crippen LogP contribution in [0.5, 0.6) is 5.75 Å². The summed E-state index contributed by atoms with van der Waals surface area (Å²) in [5.41, 5.74) is 4.62. The monoisotopic (exact) mass is 459 g/mol. The summed E-state index contributed by atoms with van der Waals surface area (Å²) in [5.74, 6) is 0.499. The number of fused-ring (bicyclic) bond motifs is 5. The van der Waals surface area contributed by atoms with Crippen LogP contribution in [-0.4, -0.2) is 12.5 Å². The van der Waals surface area contributed by atoms with E-state index in [0.29, 0.717) is 12.3 Å². The number of esters is 1. The average Bonchev–Trinajstić information content (AvgIpc) is 3.55. The second kappa shape index (κ2) is 7.31.